The van der Waals surface area contributed by atoms with Crippen LogP contribution in [0.15, 0.2) is 60.8 Å². The van der Waals surface area contributed by atoms with Crippen molar-refractivity contribution in [2.75, 3.05) is 0 Å². The van der Waals surface area contributed by atoms with E-state index in [4.69, 9.17) is 11.6 Å². The monoisotopic (exact) mass is 338 g/mol. The van der Waals surface area contributed by atoms with Gasteiger partial charge in [-0.25, -0.2) is 0 Å². The van der Waals surface area contributed by atoms with Crippen LogP contribution in [0.25, 0.3) is 10.9 Å². The molecule has 1 aromatic heterocycles. The van der Waals surface area contributed by atoms with E-state index in [-0.39, 0.29) is 5.91 Å². The van der Waals surface area contributed by atoms with E-state index >= 15 is 0 Å². The second kappa shape index (κ2) is 6.33. The number of carbonyl (C=O) groups is 1. The van der Waals surface area contributed by atoms with E-state index in [1.165, 1.54) is 5.56 Å². The van der Waals surface area contributed by atoms with Crippen LogP contribution in [-0.4, -0.2) is 21.4 Å². The molecule has 1 heterocycles. The zero-order valence-electron chi connectivity index (χ0n) is 13.4. The highest BCUT2D eigenvalue weighted by Gasteiger charge is 2.32. The maximum atomic E-state index is 12.9. The molecule has 0 aliphatic heterocycles. The van der Waals surface area contributed by atoms with Crippen molar-refractivity contribution >= 4 is 28.4 Å². The summed E-state index contributed by atoms with van der Waals surface area (Å²) in [4.78, 5) is 14.9. The Hall–Kier alpha value is -2.26. The summed E-state index contributed by atoms with van der Waals surface area (Å²) in [6.07, 6.45) is 4.18. The summed E-state index contributed by atoms with van der Waals surface area (Å²) in [5.74, 6) is 0.166. The standard InChI is InChI=1S/C20H19ClN2O/c21-17-7-6-16-10-11-22(19(16)12-17)14-20(24)23(18-8-9-18)13-15-4-2-1-3-5-15/h1-7,10-12,18H,8-9,13-14H2. The van der Waals surface area contributed by atoms with Crippen molar-refractivity contribution in [3.63, 3.8) is 0 Å². The van der Waals surface area contributed by atoms with Gasteiger partial charge in [-0.1, -0.05) is 48.0 Å². The molecule has 0 atom stereocenters. The predicted octanol–water partition coefficient (Wildman–Crippen LogP) is 4.49. The van der Waals surface area contributed by atoms with Crippen LogP contribution in [0.3, 0.4) is 0 Å². The molecule has 4 heteroatoms. The number of hydrogen-bond donors (Lipinski definition) is 0. The number of hydrogen-bond acceptors (Lipinski definition) is 1. The van der Waals surface area contributed by atoms with Crippen LogP contribution in [-0.2, 0) is 17.9 Å². The van der Waals surface area contributed by atoms with Crippen molar-refractivity contribution in [1.82, 2.24) is 9.47 Å². The Morgan fingerprint density at radius 1 is 1.12 bits per heavy atom. The summed E-state index contributed by atoms with van der Waals surface area (Å²) in [5.41, 5.74) is 2.18. The Kier molecular flexibility index (Phi) is 4.03. The van der Waals surface area contributed by atoms with Crippen LogP contribution in [0, 0.1) is 0 Å². The minimum Gasteiger partial charge on any atom is -0.338 e. The fourth-order valence-electron chi connectivity index (χ4n) is 3.12. The van der Waals surface area contributed by atoms with Gasteiger partial charge in [0, 0.05) is 29.3 Å². The molecule has 4 rings (SSSR count). The topological polar surface area (TPSA) is 25.2 Å². The smallest absolute Gasteiger partial charge is 0.243 e. The first-order chi connectivity index (χ1) is 11.7. The molecule has 0 saturated heterocycles. The number of amides is 1. The van der Waals surface area contributed by atoms with E-state index in [2.05, 4.69) is 12.1 Å². The molecule has 24 heavy (non-hydrogen) atoms. The Balaban J connectivity index is 1.55. The van der Waals surface area contributed by atoms with E-state index in [9.17, 15) is 4.79 Å². The third-order valence-electron chi connectivity index (χ3n) is 4.55. The van der Waals surface area contributed by atoms with Gasteiger partial charge in [0.15, 0.2) is 0 Å². The minimum absolute atomic E-state index is 0.166. The second-order valence-electron chi connectivity index (χ2n) is 6.39. The Labute approximate surface area is 146 Å². The number of halogens is 1. The lowest BCUT2D eigenvalue weighted by Crippen LogP contribution is -2.35. The molecular weight excluding hydrogens is 320 g/mol. The summed E-state index contributed by atoms with van der Waals surface area (Å²) >= 11 is 6.11. The van der Waals surface area contributed by atoms with Crippen molar-refractivity contribution in [2.24, 2.45) is 0 Å². The van der Waals surface area contributed by atoms with Gasteiger partial charge in [0.2, 0.25) is 5.91 Å². The first-order valence-electron chi connectivity index (χ1n) is 8.28. The predicted molar refractivity (Wildman–Crippen MR) is 97.0 cm³/mol. The fourth-order valence-corrected chi connectivity index (χ4v) is 3.29. The van der Waals surface area contributed by atoms with Gasteiger partial charge < -0.3 is 9.47 Å². The van der Waals surface area contributed by atoms with Crippen molar-refractivity contribution in [1.29, 1.82) is 0 Å². The number of fused-ring (bicyclic) bond motifs is 1. The van der Waals surface area contributed by atoms with Gasteiger partial charge in [0.05, 0.1) is 0 Å². The molecule has 1 saturated carbocycles. The third-order valence-corrected chi connectivity index (χ3v) is 4.78. The van der Waals surface area contributed by atoms with Crippen molar-refractivity contribution < 1.29 is 4.79 Å². The maximum Gasteiger partial charge on any atom is 0.243 e. The number of rotatable bonds is 5. The Morgan fingerprint density at radius 3 is 2.67 bits per heavy atom. The summed E-state index contributed by atoms with van der Waals surface area (Å²) in [5, 5.41) is 1.80. The lowest BCUT2D eigenvalue weighted by atomic mass is 10.2. The van der Waals surface area contributed by atoms with E-state index in [1.54, 1.807) is 0 Å². The van der Waals surface area contributed by atoms with Crippen LogP contribution in [0.2, 0.25) is 5.02 Å². The molecule has 0 spiro atoms. The van der Waals surface area contributed by atoms with Crippen LogP contribution < -0.4 is 0 Å². The van der Waals surface area contributed by atoms with Crippen LogP contribution in [0.5, 0.6) is 0 Å². The summed E-state index contributed by atoms with van der Waals surface area (Å²) in [6.45, 7) is 1.04. The lowest BCUT2D eigenvalue weighted by Gasteiger charge is -2.23. The van der Waals surface area contributed by atoms with Gasteiger partial charge in [-0.2, -0.15) is 0 Å². The Bertz CT molecular complexity index is 868. The molecule has 1 fully saturated rings. The zero-order valence-corrected chi connectivity index (χ0v) is 14.1. The van der Waals surface area contributed by atoms with Crippen LogP contribution in [0.1, 0.15) is 18.4 Å². The SMILES string of the molecule is O=C(Cn1ccc2ccc(Cl)cc21)N(Cc1ccccc1)C1CC1. The summed E-state index contributed by atoms with van der Waals surface area (Å²) in [7, 11) is 0. The molecule has 2 aromatic carbocycles. The number of carbonyl (C=O) groups excluding carboxylic acids is 1. The zero-order chi connectivity index (χ0) is 16.5. The number of aromatic nitrogens is 1. The normalized spacial score (nSPS) is 14.0. The highest BCUT2D eigenvalue weighted by Crippen LogP contribution is 2.29. The summed E-state index contributed by atoms with van der Waals surface area (Å²) < 4.78 is 1.99. The molecule has 0 unspecified atom stereocenters. The highest BCUT2D eigenvalue weighted by molar-refractivity contribution is 6.31. The first-order valence-corrected chi connectivity index (χ1v) is 8.66. The number of nitrogens with zero attached hydrogens (tertiary/aromatic N) is 2. The van der Waals surface area contributed by atoms with Crippen molar-refractivity contribution in [3.8, 4) is 0 Å². The van der Waals surface area contributed by atoms with Gasteiger partial charge in [-0.15, -0.1) is 0 Å². The molecular formula is C20H19ClN2O. The van der Waals surface area contributed by atoms with E-state index < -0.39 is 0 Å². The molecule has 0 N–H and O–H groups in total. The Morgan fingerprint density at radius 2 is 1.92 bits per heavy atom. The van der Waals surface area contributed by atoms with Crippen molar-refractivity contribution in [2.45, 2.75) is 32.0 Å². The average Bonchev–Trinajstić information content (AvgIpc) is 3.36. The molecule has 3 aromatic rings. The average molecular weight is 339 g/mol. The van der Waals surface area contributed by atoms with Gasteiger partial charge >= 0.3 is 0 Å². The second-order valence-corrected chi connectivity index (χ2v) is 6.82. The highest BCUT2D eigenvalue weighted by atomic mass is 35.5. The van der Waals surface area contributed by atoms with Gasteiger partial charge in [-0.05, 0) is 42.0 Å². The van der Waals surface area contributed by atoms with E-state index in [0.717, 1.165) is 23.7 Å². The van der Waals surface area contributed by atoms with Crippen LogP contribution in [0.4, 0.5) is 0 Å². The van der Waals surface area contributed by atoms with Gasteiger partial charge in [-0.3, -0.25) is 4.79 Å². The van der Waals surface area contributed by atoms with Crippen molar-refractivity contribution in [3.05, 3.63) is 71.4 Å². The third kappa shape index (κ3) is 3.17. The largest absolute Gasteiger partial charge is 0.338 e. The quantitative estimate of drug-likeness (QED) is 0.673. The molecule has 3 nitrogen and oxygen atoms in total. The molecule has 1 aliphatic rings. The minimum atomic E-state index is 0.166. The molecule has 122 valence electrons. The maximum absolute atomic E-state index is 12.9. The molecule has 1 amide bonds. The van der Waals surface area contributed by atoms with Gasteiger partial charge in [0.25, 0.3) is 0 Å². The van der Waals surface area contributed by atoms with Gasteiger partial charge in [0.1, 0.15) is 6.54 Å². The van der Waals surface area contributed by atoms with E-state index in [0.29, 0.717) is 24.2 Å². The summed E-state index contributed by atoms with van der Waals surface area (Å²) in [6, 6.07) is 18.4. The first kappa shape index (κ1) is 15.3. The number of benzene rings is 2. The molecule has 1 aliphatic carbocycles. The lowest BCUT2D eigenvalue weighted by molar-refractivity contribution is -0.133. The molecule has 0 bridgehead atoms. The molecule has 0 radical (unpaired) electrons. The van der Waals surface area contributed by atoms with Crippen LogP contribution >= 0.6 is 11.6 Å². The van der Waals surface area contributed by atoms with E-state index in [1.807, 2.05) is 58.1 Å². The fraction of sp³-hybridized carbons (Fsp3) is 0.250.